The third-order valence-corrected chi connectivity index (χ3v) is 5.70. The lowest BCUT2D eigenvalue weighted by molar-refractivity contribution is 0.0695. The van der Waals surface area contributed by atoms with E-state index in [4.69, 9.17) is 5.11 Å². The van der Waals surface area contributed by atoms with E-state index in [1.54, 1.807) is 6.92 Å². The van der Waals surface area contributed by atoms with Crippen LogP contribution in [0.1, 0.15) is 41.6 Å². The van der Waals surface area contributed by atoms with Gasteiger partial charge in [-0.3, -0.25) is 0 Å². The van der Waals surface area contributed by atoms with Gasteiger partial charge in [0.1, 0.15) is 0 Å². The molecule has 2 unspecified atom stereocenters. The van der Waals surface area contributed by atoms with Crippen molar-refractivity contribution in [2.75, 3.05) is 6.54 Å². The number of sulfonamides is 1. The molecule has 1 fully saturated rings. The van der Waals surface area contributed by atoms with Gasteiger partial charge in [-0.15, -0.1) is 0 Å². The predicted molar refractivity (Wildman–Crippen MR) is 81.3 cm³/mol. The molecule has 1 aliphatic rings. The zero-order valence-corrected chi connectivity index (χ0v) is 13.3. The van der Waals surface area contributed by atoms with E-state index >= 15 is 0 Å². The van der Waals surface area contributed by atoms with E-state index in [0.717, 1.165) is 19.3 Å². The van der Waals surface area contributed by atoms with Crippen molar-refractivity contribution in [2.45, 2.75) is 43.6 Å². The molecule has 0 heterocycles. The number of aryl methyl sites for hydroxylation is 1. The first-order valence-electron chi connectivity index (χ1n) is 7.33. The summed E-state index contributed by atoms with van der Waals surface area (Å²) in [7, 11) is -3.71. The normalized spacial score (nSPS) is 22.5. The minimum atomic E-state index is -3.71. The van der Waals surface area contributed by atoms with Crippen molar-refractivity contribution in [3.63, 3.8) is 0 Å². The van der Waals surface area contributed by atoms with Crippen LogP contribution in [0.3, 0.4) is 0 Å². The first-order chi connectivity index (χ1) is 10.3. The Hall–Kier alpha value is -1.44. The standard InChI is InChI=1S/C15H21NO5S/c1-10-8-11(15(18)19)6-7-14(10)22(20,21)16-9-12-4-2-3-5-13(12)17/h6-8,12-13,16-17H,2-5,9H2,1H3,(H,18,19). The monoisotopic (exact) mass is 327 g/mol. The van der Waals surface area contributed by atoms with E-state index in [-0.39, 0.29) is 22.9 Å². The van der Waals surface area contributed by atoms with Gasteiger partial charge in [-0.2, -0.15) is 0 Å². The topological polar surface area (TPSA) is 104 Å². The second-order valence-corrected chi connectivity index (χ2v) is 7.48. The lowest BCUT2D eigenvalue weighted by atomic mass is 9.87. The summed E-state index contributed by atoms with van der Waals surface area (Å²) in [4.78, 5) is 11.0. The fourth-order valence-electron chi connectivity index (χ4n) is 2.80. The van der Waals surface area contributed by atoms with Gasteiger partial charge in [-0.25, -0.2) is 17.9 Å². The Kier molecular flexibility index (Phi) is 5.20. The molecule has 1 saturated carbocycles. The van der Waals surface area contributed by atoms with E-state index < -0.39 is 22.1 Å². The van der Waals surface area contributed by atoms with E-state index in [9.17, 15) is 18.3 Å². The van der Waals surface area contributed by atoms with Gasteiger partial charge in [0.25, 0.3) is 0 Å². The van der Waals surface area contributed by atoms with Crippen LogP contribution in [0.4, 0.5) is 0 Å². The van der Waals surface area contributed by atoms with Crippen molar-refractivity contribution in [3.05, 3.63) is 29.3 Å². The molecule has 6 nitrogen and oxygen atoms in total. The van der Waals surface area contributed by atoms with Gasteiger partial charge in [0.15, 0.2) is 0 Å². The fraction of sp³-hybridized carbons (Fsp3) is 0.533. The summed E-state index contributed by atoms with van der Waals surface area (Å²) in [5.41, 5.74) is 0.441. The largest absolute Gasteiger partial charge is 0.478 e. The van der Waals surface area contributed by atoms with Crippen LogP contribution in [0, 0.1) is 12.8 Å². The molecular weight excluding hydrogens is 306 g/mol. The van der Waals surface area contributed by atoms with Crippen molar-refractivity contribution in [1.82, 2.24) is 4.72 Å². The molecule has 3 N–H and O–H groups in total. The smallest absolute Gasteiger partial charge is 0.335 e. The fourth-order valence-corrected chi connectivity index (χ4v) is 4.12. The third kappa shape index (κ3) is 3.85. The van der Waals surface area contributed by atoms with Crippen LogP contribution in [0.15, 0.2) is 23.1 Å². The van der Waals surface area contributed by atoms with Gasteiger partial charge >= 0.3 is 5.97 Å². The van der Waals surface area contributed by atoms with Gasteiger partial charge in [-0.1, -0.05) is 12.8 Å². The summed E-state index contributed by atoms with van der Waals surface area (Å²) in [5.74, 6) is -1.16. The van der Waals surface area contributed by atoms with Crippen molar-refractivity contribution in [2.24, 2.45) is 5.92 Å². The summed E-state index contributed by atoms with van der Waals surface area (Å²) >= 11 is 0. The molecule has 1 aromatic rings. The Morgan fingerprint density at radius 1 is 1.32 bits per heavy atom. The van der Waals surface area contributed by atoms with Crippen LogP contribution >= 0.6 is 0 Å². The highest BCUT2D eigenvalue weighted by Gasteiger charge is 2.25. The highest BCUT2D eigenvalue weighted by Crippen LogP contribution is 2.24. The SMILES string of the molecule is Cc1cc(C(=O)O)ccc1S(=O)(=O)NCC1CCCCC1O. The van der Waals surface area contributed by atoms with Crippen molar-refractivity contribution in [1.29, 1.82) is 0 Å². The molecule has 1 aromatic carbocycles. The predicted octanol–water partition coefficient (Wildman–Crippen LogP) is 1.52. The summed E-state index contributed by atoms with van der Waals surface area (Å²) < 4.78 is 27.2. The van der Waals surface area contributed by atoms with Crippen LogP contribution in [-0.2, 0) is 10.0 Å². The zero-order chi connectivity index (χ0) is 16.3. The summed E-state index contributed by atoms with van der Waals surface area (Å²) in [6.07, 6.45) is 3.02. The molecule has 2 rings (SSSR count). The zero-order valence-electron chi connectivity index (χ0n) is 12.4. The van der Waals surface area contributed by atoms with E-state index in [1.807, 2.05) is 0 Å². The minimum absolute atomic E-state index is 0.0548. The third-order valence-electron chi connectivity index (χ3n) is 4.12. The van der Waals surface area contributed by atoms with Crippen molar-refractivity contribution >= 4 is 16.0 Å². The number of hydrogen-bond acceptors (Lipinski definition) is 4. The number of nitrogens with one attached hydrogen (secondary N) is 1. The number of rotatable bonds is 5. The minimum Gasteiger partial charge on any atom is -0.478 e. The Morgan fingerprint density at radius 3 is 2.59 bits per heavy atom. The summed E-state index contributed by atoms with van der Waals surface area (Å²) in [6.45, 7) is 1.76. The number of carbonyl (C=O) groups is 1. The lowest BCUT2D eigenvalue weighted by Gasteiger charge is -2.27. The van der Waals surface area contributed by atoms with E-state index in [2.05, 4.69) is 4.72 Å². The van der Waals surface area contributed by atoms with Crippen molar-refractivity contribution in [3.8, 4) is 0 Å². The average Bonchev–Trinajstić information content (AvgIpc) is 2.46. The number of hydrogen-bond donors (Lipinski definition) is 3. The first-order valence-corrected chi connectivity index (χ1v) is 8.81. The van der Waals surface area contributed by atoms with Gasteiger partial charge < -0.3 is 10.2 Å². The maximum Gasteiger partial charge on any atom is 0.335 e. The molecule has 0 radical (unpaired) electrons. The molecule has 0 saturated heterocycles. The van der Waals surface area contributed by atoms with E-state index in [0.29, 0.717) is 12.0 Å². The van der Waals surface area contributed by atoms with Crippen molar-refractivity contribution < 1.29 is 23.4 Å². The van der Waals surface area contributed by atoms with Gasteiger partial charge in [0, 0.05) is 6.54 Å². The van der Waals surface area contributed by atoms with E-state index in [1.165, 1.54) is 18.2 Å². The second-order valence-electron chi connectivity index (χ2n) is 5.75. The van der Waals surface area contributed by atoms with Crippen LogP contribution in [0.5, 0.6) is 0 Å². The quantitative estimate of drug-likeness (QED) is 0.761. The maximum absolute atomic E-state index is 12.3. The maximum atomic E-state index is 12.3. The molecule has 2 atom stereocenters. The number of carboxylic acids is 1. The number of aliphatic hydroxyl groups is 1. The Morgan fingerprint density at radius 2 is 2.00 bits per heavy atom. The van der Waals surface area contributed by atoms with Gasteiger partial charge in [0.2, 0.25) is 10.0 Å². The lowest BCUT2D eigenvalue weighted by Crippen LogP contribution is -2.36. The number of benzene rings is 1. The number of carboxylic acid groups (broad SMARTS) is 1. The molecule has 1 aliphatic carbocycles. The Bertz CT molecular complexity index is 656. The Balaban J connectivity index is 2.11. The highest BCUT2D eigenvalue weighted by molar-refractivity contribution is 7.89. The van der Waals surface area contributed by atoms with Crippen LogP contribution in [0.25, 0.3) is 0 Å². The molecule has 122 valence electrons. The molecule has 0 bridgehead atoms. The summed E-state index contributed by atoms with van der Waals surface area (Å²) in [6, 6.07) is 3.92. The molecule has 0 aromatic heterocycles. The second kappa shape index (κ2) is 6.76. The average molecular weight is 327 g/mol. The van der Waals surface area contributed by atoms with Gasteiger partial charge in [-0.05, 0) is 49.4 Å². The van der Waals surface area contributed by atoms with Crippen LogP contribution < -0.4 is 4.72 Å². The van der Waals surface area contributed by atoms with Crippen LogP contribution in [-0.4, -0.2) is 37.2 Å². The molecule has 0 spiro atoms. The summed E-state index contributed by atoms with van der Waals surface area (Å²) in [5, 5.41) is 18.8. The van der Waals surface area contributed by atoms with Gasteiger partial charge in [0.05, 0.1) is 16.6 Å². The number of aliphatic hydroxyl groups excluding tert-OH is 1. The molecule has 0 amide bonds. The Labute approximate surface area is 130 Å². The highest BCUT2D eigenvalue weighted by atomic mass is 32.2. The first kappa shape index (κ1) is 16.9. The number of aromatic carboxylic acids is 1. The molecule has 22 heavy (non-hydrogen) atoms. The molecule has 0 aliphatic heterocycles. The molecular formula is C15H21NO5S. The van der Waals surface area contributed by atoms with Crippen LogP contribution in [0.2, 0.25) is 0 Å². The molecule has 7 heteroatoms.